The third-order valence-corrected chi connectivity index (χ3v) is 2.85. The monoisotopic (exact) mass is 257 g/mol. The zero-order valence-electron chi connectivity index (χ0n) is 12.4. The van der Waals surface area contributed by atoms with Crippen LogP contribution in [0.15, 0.2) is 0 Å². The van der Waals surface area contributed by atoms with E-state index in [4.69, 9.17) is 0 Å². The van der Waals surface area contributed by atoms with Crippen molar-refractivity contribution in [2.24, 2.45) is 0 Å². The molecule has 1 heterocycles. The van der Waals surface area contributed by atoms with E-state index in [2.05, 4.69) is 0 Å². The number of nitrogens with zero attached hydrogens (tertiary/aromatic N) is 3. The van der Waals surface area contributed by atoms with Gasteiger partial charge in [-0.15, -0.1) is 0 Å². The van der Waals surface area contributed by atoms with Crippen molar-refractivity contribution < 1.29 is 9.59 Å². The largest absolute Gasteiger partial charge is 0.339 e. The Labute approximate surface area is 111 Å². The number of carbonyl (C=O) groups excluding carboxylic acids is 2. The first kappa shape index (κ1) is 16.9. The van der Waals surface area contributed by atoms with Crippen LogP contribution in [0.5, 0.6) is 0 Å². The van der Waals surface area contributed by atoms with Gasteiger partial charge in [-0.25, -0.2) is 0 Å². The molecule has 0 N–H and O–H groups in total. The summed E-state index contributed by atoms with van der Waals surface area (Å²) in [5, 5.41) is 0. The van der Waals surface area contributed by atoms with E-state index in [0.717, 1.165) is 6.54 Å². The summed E-state index contributed by atoms with van der Waals surface area (Å²) in [6.45, 7) is 9.04. The van der Waals surface area contributed by atoms with Gasteiger partial charge >= 0.3 is 0 Å². The second-order valence-corrected chi connectivity index (χ2v) is 4.44. The molecule has 1 rings (SSSR count). The lowest BCUT2D eigenvalue weighted by atomic mass is 10.2. The van der Waals surface area contributed by atoms with E-state index >= 15 is 0 Å². The molecule has 5 heteroatoms. The Hall–Kier alpha value is -1.10. The van der Waals surface area contributed by atoms with Gasteiger partial charge in [0.1, 0.15) is 0 Å². The predicted octanol–water partition coefficient (Wildman–Crippen LogP) is 0.655. The molecule has 1 fully saturated rings. The van der Waals surface area contributed by atoms with E-state index in [-0.39, 0.29) is 11.8 Å². The van der Waals surface area contributed by atoms with Crippen molar-refractivity contribution in [2.45, 2.75) is 27.2 Å². The number of carbonyl (C=O) groups is 2. The Kier molecular flexibility index (Phi) is 8.37. The second-order valence-electron chi connectivity index (χ2n) is 4.44. The fourth-order valence-corrected chi connectivity index (χ4v) is 1.75. The number of amides is 2. The minimum Gasteiger partial charge on any atom is -0.339 e. The maximum absolute atomic E-state index is 11.8. The van der Waals surface area contributed by atoms with E-state index in [1.54, 1.807) is 11.8 Å². The highest BCUT2D eigenvalue weighted by Crippen LogP contribution is 2.04. The quantitative estimate of drug-likeness (QED) is 0.746. The molecule has 106 valence electrons. The summed E-state index contributed by atoms with van der Waals surface area (Å²) < 4.78 is 0. The van der Waals surface area contributed by atoms with Crippen molar-refractivity contribution in [1.82, 2.24) is 14.7 Å². The highest BCUT2D eigenvalue weighted by molar-refractivity contribution is 5.77. The molecule has 2 amide bonds. The van der Waals surface area contributed by atoms with E-state index < -0.39 is 0 Å². The molecule has 0 aromatic carbocycles. The highest BCUT2D eigenvalue weighted by atomic mass is 16.2. The van der Waals surface area contributed by atoms with Crippen LogP contribution in [-0.2, 0) is 9.59 Å². The number of hydrogen-bond donors (Lipinski definition) is 0. The molecule has 1 aliphatic heterocycles. The summed E-state index contributed by atoms with van der Waals surface area (Å²) in [5.74, 6) is 0.289. The van der Waals surface area contributed by atoms with Crippen molar-refractivity contribution in [3.05, 3.63) is 0 Å². The van der Waals surface area contributed by atoms with Crippen LogP contribution >= 0.6 is 0 Å². The molecule has 0 aliphatic carbocycles. The van der Waals surface area contributed by atoms with Crippen LogP contribution in [0.25, 0.3) is 0 Å². The Morgan fingerprint density at radius 2 is 1.44 bits per heavy atom. The highest BCUT2D eigenvalue weighted by Gasteiger charge is 2.21. The molecule has 0 saturated carbocycles. The lowest BCUT2D eigenvalue weighted by molar-refractivity contribution is -0.138. The van der Waals surface area contributed by atoms with E-state index in [0.29, 0.717) is 32.6 Å². The summed E-state index contributed by atoms with van der Waals surface area (Å²) in [6, 6.07) is 0. The molecule has 0 unspecified atom stereocenters. The minimum atomic E-state index is 0.0976. The first-order chi connectivity index (χ1) is 8.50. The molecule has 18 heavy (non-hydrogen) atoms. The third-order valence-electron chi connectivity index (χ3n) is 2.85. The van der Waals surface area contributed by atoms with Gasteiger partial charge in [-0.1, -0.05) is 13.8 Å². The molecule has 0 spiro atoms. The fourth-order valence-electron chi connectivity index (χ4n) is 1.75. The zero-order valence-corrected chi connectivity index (χ0v) is 12.4. The Bertz CT molecular complexity index is 259. The predicted molar refractivity (Wildman–Crippen MR) is 73.4 cm³/mol. The fraction of sp³-hybridized carbons (Fsp3) is 0.846. The van der Waals surface area contributed by atoms with Crippen molar-refractivity contribution in [2.75, 3.05) is 46.8 Å². The summed E-state index contributed by atoms with van der Waals surface area (Å²) in [5.41, 5.74) is 0. The van der Waals surface area contributed by atoms with Crippen molar-refractivity contribution in [3.8, 4) is 0 Å². The van der Waals surface area contributed by atoms with E-state index in [1.165, 1.54) is 0 Å². The van der Waals surface area contributed by atoms with Crippen molar-refractivity contribution in [1.29, 1.82) is 0 Å². The van der Waals surface area contributed by atoms with Crippen LogP contribution in [0, 0.1) is 0 Å². The number of piperazine rings is 1. The zero-order chi connectivity index (χ0) is 14.1. The molecular formula is C13H27N3O2. The molecule has 0 bridgehead atoms. The maximum Gasteiger partial charge on any atom is 0.223 e. The smallest absolute Gasteiger partial charge is 0.223 e. The Balaban J connectivity index is 0.00000137. The standard InChI is InChI=1S/C11H21N3O2.C2H6/c1-10(15)13-6-8-14(9-7-13)11(16)4-5-12(2)3;1-2/h4-9H2,1-3H3;1-2H3. The van der Waals surface area contributed by atoms with Gasteiger partial charge in [-0.3, -0.25) is 9.59 Å². The molecule has 5 nitrogen and oxygen atoms in total. The maximum atomic E-state index is 11.8. The SMILES string of the molecule is CC.CC(=O)N1CCN(C(=O)CCN(C)C)CC1. The van der Waals surface area contributed by atoms with Gasteiger partial charge in [0.05, 0.1) is 0 Å². The number of hydrogen-bond acceptors (Lipinski definition) is 3. The summed E-state index contributed by atoms with van der Waals surface area (Å²) in [7, 11) is 3.92. The van der Waals surface area contributed by atoms with Crippen LogP contribution in [0.1, 0.15) is 27.2 Å². The van der Waals surface area contributed by atoms with Crippen molar-refractivity contribution >= 4 is 11.8 Å². The molecular weight excluding hydrogens is 230 g/mol. The summed E-state index contributed by atoms with van der Waals surface area (Å²) >= 11 is 0. The topological polar surface area (TPSA) is 43.9 Å². The molecule has 1 saturated heterocycles. The average molecular weight is 257 g/mol. The Morgan fingerprint density at radius 3 is 1.83 bits per heavy atom. The normalized spacial score (nSPS) is 15.2. The minimum absolute atomic E-state index is 0.0976. The van der Waals surface area contributed by atoms with Crippen LogP contribution in [-0.4, -0.2) is 73.3 Å². The van der Waals surface area contributed by atoms with E-state index in [9.17, 15) is 9.59 Å². The summed E-state index contributed by atoms with van der Waals surface area (Å²) in [6.07, 6.45) is 0.563. The molecule has 0 aromatic rings. The molecule has 0 aromatic heterocycles. The number of rotatable bonds is 3. The van der Waals surface area contributed by atoms with Crippen LogP contribution in [0.3, 0.4) is 0 Å². The Morgan fingerprint density at radius 1 is 1.00 bits per heavy atom. The average Bonchev–Trinajstić information content (AvgIpc) is 2.38. The van der Waals surface area contributed by atoms with Gasteiger partial charge in [0.25, 0.3) is 0 Å². The lowest BCUT2D eigenvalue weighted by Gasteiger charge is -2.34. The van der Waals surface area contributed by atoms with E-state index in [1.807, 2.05) is 37.7 Å². The van der Waals surface area contributed by atoms with Crippen LogP contribution in [0.4, 0.5) is 0 Å². The first-order valence-electron chi connectivity index (χ1n) is 6.68. The van der Waals surface area contributed by atoms with Crippen LogP contribution < -0.4 is 0 Å². The van der Waals surface area contributed by atoms with Gasteiger partial charge in [-0.05, 0) is 14.1 Å². The molecule has 0 radical (unpaired) electrons. The molecule has 0 atom stereocenters. The van der Waals surface area contributed by atoms with Gasteiger partial charge in [0.2, 0.25) is 11.8 Å². The third kappa shape index (κ3) is 6.00. The van der Waals surface area contributed by atoms with Gasteiger partial charge in [0, 0.05) is 46.1 Å². The first-order valence-corrected chi connectivity index (χ1v) is 6.68. The van der Waals surface area contributed by atoms with Gasteiger partial charge in [-0.2, -0.15) is 0 Å². The van der Waals surface area contributed by atoms with Gasteiger partial charge < -0.3 is 14.7 Å². The van der Waals surface area contributed by atoms with Crippen LogP contribution in [0.2, 0.25) is 0 Å². The second kappa shape index (κ2) is 8.91. The molecule has 1 aliphatic rings. The summed E-state index contributed by atoms with van der Waals surface area (Å²) in [4.78, 5) is 28.5. The van der Waals surface area contributed by atoms with Crippen molar-refractivity contribution in [3.63, 3.8) is 0 Å². The van der Waals surface area contributed by atoms with Gasteiger partial charge in [0.15, 0.2) is 0 Å². The lowest BCUT2D eigenvalue weighted by Crippen LogP contribution is -2.50.